The molecule has 2 aliphatic heterocycles. The third kappa shape index (κ3) is 6.75. The van der Waals surface area contributed by atoms with Crippen LogP contribution in [0, 0.1) is 0 Å². The zero-order valence-corrected chi connectivity index (χ0v) is 27.0. The highest BCUT2D eigenvalue weighted by molar-refractivity contribution is 6.04. The summed E-state index contributed by atoms with van der Waals surface area (Å²) in [6.07, 6.45) is 1.64. The van der Waals surface area contributed by atoms with Crippen LogP contribution in [0.1, 0.15) is 58.6 Å². The van der Waals surface area contributed by atoms with Gasteiger partial charge in [0, 0.05) is 56.0 Å². The van der Waals surface area contributed by atoms with Crippen molar-refractivity contribution in [2.24, 2.45) is 0 Å². The van der Waals surface area contributed by atoms with Gasteiger partial charge in [-0.15, -0.1) is 0 Å². The van der Waals surface area contributed by atoms with Crippen LogP contribution >= 0.6 is 0 Å². The Hall–Kier alpha value is -4.67. The number of Topliss-reactive ketones (excluding diaryl/α,β-unsaturated/α-hetero) is 1. The van der Waals surface area contributed by atoms with E-state index in [1.165, 1.54) is 18.4 Å². The van der Waals surface area contributed by atoms with Gasteiger partial charge in [-0.2, -0.15) is 0 Å². The molecular formula is C37H43N3O7. The number of rotatable bonds is 12. The van der Waals surface area contributed by atoms with Crippen molar-refractivity contribution in [2.45, 2.75) is 45.1 Å². The van der Waals surface area contributed by atoms with Crippen LogP contribution < -0.4 is 24.4 Å². The summed E-state index contributed by atoms with van der Waals surface area (Å²) in [5, 5.41) is 34.2. The summed E-state index contributed by atoms with van der Waals surface area (Å²) in [7, 11) is 1.43. The number of ether oxygens (including phenoxy) is 3. The van der Waals surface area contributed by atoms with Crippen LogP contribution in [0.25, 0.3) is 11.1 Å². The van der Waals surface area contributed by atoms with Crippen molar-refractivity contribution in [1.82, 2.24) is 10.3 Å². The Morgan fingerprint density at radius 2 is 1.81 bits per heavy atom. The van der Waals surface area contributed by atoms with Crippen molar-refractivity contribution >= 4 is 11.6 Å². The van der Waals surface area contributed by atoms with Gasteiger partial charge in [-0.05, 0) is 54.2 Å². The van der Waals surface area contributed by atoms with E-state index in [0.717, 1.165) is 55.1 Å². The molecule has 10 heteroatoms. The minimum Gasteiger partial charge on any atom is -0.508 e. The maximum atomic E-state index is 13.8. The summed E-state index contributed by atoms with van der Waals surface area (Å²) < 4.78 is 18.1. The van der Waals surface area contributed by atoms with Gasteiger partial charge in [0.25, 0.3) is 0 Å². The number of aromatic nitrogens is 1. The summed E-state index contributed by atoms with van der Waals surface area (Å²) in [6.45, 7) is 5.96. The molecule has 0 bridgehead atoms. The van der Waals surface area contributed by atoms with Gasteiger partial charge in [-0.25, -0.2) is 0 Å². The van der Waals surface area contributed by atoms with Crippen molar-refractivity contribution in [3.8, 4) is 39.9 Å². The number of nitrogens with zero attached hydrogens (tertiary/aromatic N) is 1. The molecule has 1 aromatic heterocycles. The first-order valence-electron chi connectivity index (χ1n) is 16.4. The second kappa shape index (κ2) is 14.4. The number of phenols is 2. The van der Waals surface area contributed by atoms with Crippen LogP contribution in [-0.4, -0.2) is 72.6 Å². The predicted octanol–water partition coefficient (Wildman–Crippen LogP) is 5.33. The number of aliphatic hydroxyl groups excluding tert-OH is 1. The number of piperazine rings is 1. The average molecular weight is 642 g/mol. The molecule has 3 heterocycles. The Morgan fingerprint density at radius 1 is 1.02 bits per heavy atom. The molecule has 4 aromatic rings. The Balaban J connectivity index is 1.35. The second-order valence-electron chi connectivity index (χ2n) is 12.0. The molecule has 2 aliphatic rings. The molecule has 0 radical (unpaired) electrons. The number of aromatic hydroxyl groups is 2. The van der Waals surface area contributed by atoms with Crippen LogP contribution in [0.5, 0.6) is 28.7 Å². The number of aromatic amines is 1. The summed E-state index contributed by atoms with van der Waals surface area (Å²) >= 11 is 0. The highest BCUT2D eigenvalue weighted by Gasteiger charge is 2.37. The molecule has 3 aromatic carbocycles. The first-order valence-corrected chi connectivity index (χ1v) is 16.4. The summed E-state index contributed by atoms with van der Waals surface area (Å²) in [4.78, 5) is 19.8. The second-order valence-corrected chi connectivity index (χ2v) is 12.0. The van der Waals surface area contributed by atoms with E-state index in [0.29, 0.717) is 24.8 Å². The fraction of sp³-hybridized carbons (Fsp3) is 0.378. The van der Waals surface area contributed by atoms with Gasteiger partial charge in [0.05, 0.1) is 20.1 Å². The van der Waals surface area contributed by atoms with E-state index < -0.39 is 6.10 Å². The molecule has 1 atom stereocenters. The first-order chi connectivity index (χ1) is 22.9. The lowest BCUT2D eigenvalue weighted by Crippen LogP contribution is -2.43. The van der Waals surface area contributed by atoms with Crippen LogP contribution in [0.4, 0.5) is 5.82 Å². The van der Waals surface area contributed by atoms with Crippen LogP contribution in [0.3, 0.4) is 0 Å². The van der Waals surface area contributed by atoms with Crippen molar-refractivity contribution in [2.75, 3.05) is 51.4 Å². The number of benzene rings is 3. The molecule has 0 aliphatic carbocycles. The lowest BCUT2D eigenvalue weighted by Gasteiger charge is -2.30. The van der Waals surface area contributed by atoms with Gasteiger partial charge in [0.2, 0.25) is 5.75 Å². The average Bonchev–Trinajstić information content (AvgIpc) is 3.54. The number of carbonyl (C=O) groups excluding carboxylic acids is 1. The fourth-order valence-corrected chi connectivity index (χ4v) is 6.44. The Morgan fingerprint density at radius 3 is 2.53 bits per heavy atom. The molecule has 0 saturated carbocycles. The van der Waals surface area contributed by atoms with Gasteiger partial charge < -0.3 is 44.7 Å². The number of hydrogen-bond acceptors (Lipinski definition) is 9. The number of nitrogens with one attached hydrogen (secondary N) is 2. The van der Waals surface area contributed by atoms with E-state index in [4.69, 9.17) is 14.2 Å². The van der Waals surface area contributed by atoms with Crippen LogP contribution in [0.15, 0.2) is 54.6 Å². The number of carbonyl (C=O) groups is 1. The highest BCUT2D eigenvalue weighted by atomic mass is 16.5. The van der Waals surface area contributed by atoms with Gasteiger partial charge in [-0.1, -0.05) is 43.3 Å². The number of hydrogen-bond donors (Lipinski definition) is 5. The molecule has 1 saturated heterocycles. The molecule has 47 heavy (non-hydrogen) atoms. The number of anilines is 1. The maximum Gasteiger partial charge on any atom is 0.204 e. The van der Waals surface area contributed by atoms with E-state index in [2.05, 4.69) is 52.5 Å². The number of ketones is 1. The standard InChI is InChI=1S/C37H43N3O7/c1-3-26-21-29(37(39-26)40-16-14-38-15-17-40)25-7-4-6-23(20-25)8-13-28-33(44)36(45-2)35(46-19-5-18-41)32-30(43)22-31(47-34(28)32)24-9-11-27(42)12-10-24/h4,6-7,9-12,20-21,31,38-39,41-42,44H,3,5,8,13-19,22H2,1-2H3. The quantitative estimate of drug-likeness (QED) is 0.130. The van der Waals surface area contributed by atoms with Gasteiger partial charge in [0.1, 0.15) is 29.0 Å². The molecule has 5 N–H and O–H groups in total. The van der Waals surface area contributed by atoms with Crippen LogP contribution in [0.2, 0.25) is 0 Å². The third-order valence-electron chi connectivity index (χ3n) is 8.93. The van der Waals surface area contributed by atoms with E-state index in [-0.39, 0.29) is 59.7 Å². The number of aliphatic hydroxyl groups is 1. The monoisotopic (exact) mass is 641 g/mol. The minimum absolute atomic E-state index is 0.0510. The Kier molecular flexibility index (Phi) is 9.89. The predicted molar refractivity (Wildman–Crippen MR) is 180 cm³/mol. The number of methoxy groups -OCH3 is 1. The zero-order valence-electron chi connectivity index (χ0n) is 27.0. The number of phenolic OH excluding ortho intramolecular Hbond substituents is 2. The number of fused-ring (bicyclic) bond motifs is 1. The molecule has 1 unspecified atom stereocenters. The smallest absolute Gasteiger partial charge is 0.204 e. The molecule has 248 valence electrons. The summed E-state index contributed by atoms with van der Waals surface area (Å²) in [5.74, 6) is 1.38. The number of H-pyrrole nitrogens is 1. The highest BCUT2D eigenvalue weighted by Crippen LogP contribution is 2.52. The van der Waals surface area contributed by atoms with Crippen molar-refractivity contribution < 1.29 is 34.3 Å². The molecule has 0 spiro atoms. The SMILES string of the molecule is CCc1cc(-c2cccc(CCc3c(O)c(OC)c(OCCCO)c4c3OC(c3ccc(O)cc3)CC4=O)c2)c(N2CCNCC2)[nH]1. The molecule has 6 rings (SSSR count). The number of aryl methyl sites for hydroxylation is 2. The van der Waals surface area contributed by atoms with Crippen LogP contribution in [-0.2, 0) is 19.3 Å². The van der Waals surface area contributed by atoms with Gasteiger partial charge >= 0.3 is 0 Å². The maximum absolute atomic E-state index is 13.8. The topological polar surface area (TPSA) is 137 Å². The lowest BCUT2D eigenvalue weighted by molar-refractivity contribution is 0.0837. The third-order valence-corrected chi connectivity index (χ3v) is 8.93. The van der Waals surface area contributed by atoms with E-state index >= 15 is 0 Å². The van der Waals surface area contributed by atoms with Crippen molar-refractivity contribution in [3.05, 3.63) is 82.5 Å². The minimum atomic E-state index is -0.611. The molecule has 0 amide bonds. The summed E-state index contributed by atoms with van der Waals surface area (Å²) in [5.41, 5.74) is 5.97. The lowest BCUT2D eigenvalue weighted by atomic mass is 9.90. The summed E-state index contributed by atoms with van der Waals surface area (Å²) in [6, 6.07) is 17.2. The zero-order chi connectivity index (χ0) is 32.9. The molecule has 10 nitrogen and oxygen atoms in total. The van der Waals surface area contributed by atoms with E-state index in [1.807, 2.05) is 0 Å². The van der Waals surface area contributed by atoms with Crippen molar-refractivity contribution in [3.63, 3.8) is 0 Å². The molecule has 1 fully saturated rings. The largest absolute Gasteiger partial charge is 0.508 e. The van der Waals surface area contributed by atoms with Crippen molar-refractivity contribution in [1.29, 1.82) is 0 Å². The Labute approximate surface area is 274 Å². The first kappa shape index (κ1) is 32.3. The van der Waals surface area contributed by atoms with Gasteiger partial charge in [0.15, 0.2) is 17.3 Å². The van der Waals surface area contributed by atoms with Gasteiger partial charge in [-0.3, -0.25) is 4.79 Å². The fourth-order valence-electron chi connectivity index (χ4n) is 6.44. The Bertz CT molecular complexity index is 1710. The van der Waals surface area contributed by atoms with E-state index in [1.54, 1.807) is 24.3 Å². The van der Waals surface area contributed by atoms with E-state index in [9.17, 15) is 20.1 Å². The normalized spacial score (nSPS) is 16.1. The molecular weight excluding hydrogens is 598 g/mol.